The summed E-state index contributed by atoms with van der Waals surface area (Å²) in [6, 6.07) is 18.1. The van der Waals surface area contributed by atoms with E-state index in [0.29, 0.717) is 5.57 Å². The average Bonchev–Trinajstić information content (AvgIpc) is 2.64. The van der Waals surface area contributed by atoms with Gasteiger partial charge < -0.3 is 5.11 Å². The lowest BCUT2D eigenvalue weighted by molar-refractivity contribution is -0.113. The molecule has 3 aromatic rings. The van der Waals surface area contributed by atoms with Gasteiger partial charge in [0.2, 0.25) is 0 Å². The van der Waals surface area contributed by atoms with Gasteiger partial charge in [-0.2, -0.15) is 0 Å². The summed E-state index contributed by atoms with van der Waals surface area (Å²) in [5.74, 6) is -0.271. The van der Waals surface area contributed by atoms with Gasteiger partial charge in [0.25, 0.3) is 0 Å². The molecule has 3 heteroatoms. The topological polar surface area (TPSA) is 54.4 Å². The van der Waals surface area contributed by atoms with Crippen LogP contribution in [-0.2, 0) is 9.59 Å². The lowest BCUT2D eigenvalue weighted by atomic mass is 9.90. The van der Waals surface area contributed by atoms with E-state index in [1.807, 2.05) is 42.5 Å². The van der Waals surface area contributed by atoms with E-state index in [1.54, 1.807) is 6.92 Å². The molecular weight excluding hydrogens is 312 g/mol. The molecule has 0 heterocycles. The molecule has 25 heavy (non-hydrogen) atoms. The molecule has 0 atom stereocenters. The third-order valence-electron chi connectivity index (χ3n) is 4.03. The lowest BCUT2D eigenvalue weighted by Crippen LogP contribution is -2.07. The number of rotatable bonds is 1. The molecule has 3 nitrogen and oxygen atoms in total. The number of carbonyl (C=O) groups excluding carboxylic acids is 2. The Bertz CT molecular complexity index is 1030. The van der Waals surface area contributed by atoms with E-state index in [2.05, 4.69) is 12.1 Å². The maximum atomic E-state index is 12.1. The van der Waals surface area contributed by atoms with Crippen molar-refractivity contribution in [2.75, 3.05) is 6.61 Å². The number of hydrogen-bond acceptors (Lipinski definition) is 3. The molecule has 1 N–H and O–H groups in total. The minimum atomic E-state index is -0.146. The monoisotopic (exact) mass is 330 g/mol. The standard InChI is InChI=1S/C20H12O2.C2H6O/c21-14-9-11-20(22)19(12-14)17-7-3-6-16-15-5-2-1-4-13(15)8-10-18(16)17;1-2-3/h1-12H;3H,2H2,1H3. The van der Waals surface area contributed by atoms with Crippen molar-refractivity contribution in [3.8, 4) is 0 Å². The molecule has 0 amide bonds. The second kappa shape index (κ2) is 7.24. The van der Waals surface area contributed by atoms with Gasteiger partial charge in [0.15, 0.2) is 11.6 Å². The minimum absolute atomic E-state index is 0.125. The molecule has 3 aromatic carbocycles. The minimum Gasteiger partial charge on any atom is -0.397 e. The average molecular weight is 330 g/mol. The van der Waals surface area contributed by atoms with Crippen molar-refractivity contribution in [3.63, 3.8) is 0 Å². The lowest BCUT2D eigenvalue weighted by Gasteiger charge is -2.12. The summed E-state index contributed by atoms with van der Waals surface area (Å²) in [4.78, 5) is 23.8. The first-order chi connectivity index (χ1) is 12.2. The Morgan fingerprint density at radius 3 is 2.32 bits per heavy atom. The van der Waals surface area contributed by atoms with Crippen molar-refractivity contribution in [1.29, 1.82) is 0 Å². The molecule has 0 radical (unpaired) electrons. The molecule has 0 fully saturated rings. The van der Waals surface area contributed by atoms with Gasteiger partial charge in [0, 0.05) is 12.2 Å². The Morgan fingerprint density at radius 1 is 0.800 bits per heavy atom. The van der Waals surface area contributed by atoms with Gasteiger partial charge in [-0.15, -0.1) is 0 Å². The Kier molecular flexibility index (Phi) is 4.87. The van der Waals surface area contributed by atoms with Crippen LogP contribution in [0.1, 0.15) is 12.5 Å². The number of allylic oxidation sites excluding steroid dienone is 4. The molecule has 0 unspecified atom stereocenters. The van der Waals surface area contributed by atoms with E-state index in [9.17, 15) is 9.59 Å². The van der Waals surface area contributed by atoms with Crippen LogP contribution in [0.25, 0.3) is 27.1 Å². The van der Waals surface area contributed by atoms with Crippen molar-refractivity contribution < 1.29 is 14.7 Å². The SMILES string of the molecule is CCO.O=C1C=CC(=O)C(c2cccc3c2ccc2ccccc23)=C1. The molecule has 0 aliphatic heterocycles. The first-order valence-electron chi connectivity index (χ1n) is 8.15. The summed E-state index contributed by atoms with van der Waals surface area (Å²) in [5.41, 5.74) is 1.28. The summed E-state index contributed by atoms with van der Waals surface area (Å²) < 4.78 is 0. The van der Waals surface area contributed by atoms with Gasteiger partial charge >= 0.3 is 0 Å². The highest BCUT2D eigenvalue weighted by atomic mass is 16.2. The van der Waals surface area contributed by atoms with E-state index in [1.165, 1.54) is 18.2 Å². The molecule has 1 aliphatic carbocycles. The van der Waals surface area contributed by atoms with Crippen LogP contribution in [0, 0.1) is 0 Å². The Hall–Kier alpha value is -3.04. The quantitative estimate of drug-likeness (QED) is 0.540. The summed E-state index contributed by atoms with van der Waals surface area (Å²) >= 11 is 0. The van der Waals surface area contributed by atoms with Gasteiger partial charge in [0.1, 0.15) is 0 Å². The summed E-state index contributed by atoms with van der Waals surface area (Å²) in [5, 5.41) is 12.0. The first-order valence-corrected chi connectivity index (χ1v) is 8.15. The predicted octanol–water partition coefficient (Wildman–Crippen LogP) is 4.08. The first kappa shape index (κ1) is 16.8. The van der Waals surface area contributed by atoms with E-state index >= 15 is 0 Å². The molecular formula is C22H18O3. The fraction of sp³-hybridized carbons (Fsp3) is 0.0909. The maximum Gasteiger partial charge on any atom is 0.186 e. The number of hydrogen-bond donors (Lipinski definition) is 1. The number of aliphatic hydroxyl groups excluding tert-OH is 1. The van der Waals surface area contributed by atoms with Crippen LogP contribution in [0.15, 0.2) is 72.8 Å². The van der Waals surface area contributed by atoms with Crippen molar-refractivity contribution in [2.24, 2.45) is 0 Å². The highest BCUT2D eigenvalue weighted by molar-refractivity contribution is 6.35. The van der Waals surface area contributed by atoms with Crippen molar-refractivity contribution in [1.82, 2.24) is 0 Å². The normalized spacial score (nSPS) is 13.6. The molecule has 0 saturated carbocycles. The number of benzene rings is 3. The van der Waals surface area contributed by atoms with Crippen LogP contribution in [0.2, 0.25) is 0 Å². The second-order valence-electron chi connectivity index (χ2n) is 5.66. The van der Waals surface area contributed by atoms with E-state index in [4.69, 9.17) is 5.11 Å². The smallest absolute Gasteiger partial charge is 0.186 e. The zero-order valence-corrected chi connectivity index (χ0v) is 13.9. The molecule has 4 rings (SSSR count). The van der Waals surface area contributed by atoms with Crippen molar-refractivity contribution in [2.45, 2.75) is 6.92 Å². The fourth-order valence-electron chi connectivity index (χ4n) is 2.99. The van der Waals surface area contributed by atoms with Gasteiger partial charge in [-0.3, -0.25) is 9.59 Å². The van der Waals surface area contributed by atoms with Crippen LogP contribution in [-0.4, -0.2) is 23.3 Å². The molecule has 0 bridgehead atoms. The summed E-state index contributed by atoms with van der Waals surface area (Å²) in [7, 11) is 0. The maximum absolute atomic E-state index is 12.1. The molecule has 0 saturated heterocycles. The van der Waals surface area contributed by atoms with Crippen molar-refractivity contribution >= 4 is 38.7 Å². The van der Waals surface area contributed by atoms with Gasteiger partial charge in [-0.05, 0) is 52.3 Å². The molecule has 0 spiro atoms. The van der Waals surface area contributed by atoms with Crippen LogP contribution in [0.3, 0.4) is 0 Å². The third kappa shape index (κ3) is 3.28. The number of carbonyl (C=O) groups is 2. The van der Waals surface area contributed by atoms with Crippen LogP contribution >= 0.6 is 0 Å². The highest BCUT2D eigenvalue weighted by Crippen LogP contribution is 2.32. The largest absolute Gasteiger partial charge is 0.397 e. The Labute approximate surface area is 145 Å². The zero-order valence-electron chi connectivity index (χ0n) is 13.9. The van der Waals surface area contributed by atoms with Gasteiger partial charge in [-0.1, -0.05) is 54.6 Å². The molecule has 0 aromatic heterocycles. The number of fused-ring (bicyclic) bond motifs is 3. The Balaban J connectivity index is 0.000000569. The van der Waals surface area contributed by atoms with E-state index in [0.717, 1.165) is 27.1 Å². The van der Waals surface area contributed by atoms with Crippen molar-refractivity contribution in [3.05, 3.63) is 78.4 Å². The second-order valence-corrected chi connectivity index (χ2v) is 5.66. The molecule has 124 valence electrons. The fourth-order valence-corrected chi connectivity index (χ4v) is 2.99. The highest BCUT2D eigenvalue weighted by Gasteiger charge is 2.17. The number of aliphatic hydroxyl groups is 1. The summed E-state index contributed by atoms with van der Waals surface area (Å²) in [6.07, 6.45) is 4.08. The Morgan fingerprint density at radius 2 is 1.52 bits per heavy atom. The zero-order chi connectivity index (χ0) is 17.8. The number of ketones is 2. The van der Waals surface area contributed by atoms with E-state index in [-0.39, 0.29) is 18.2 Å². The van der Waals surface area contributed by atoms with Gasteiger partial charge in [0.05, 0.1) is 0 Å². The van der Waals surface area contributed by atoms with Crippen LogP contribution in [0.5, 0.6) is 0 Å². The predicted molar refractivity (Wildman–Crippen MR) is 101 cm³/mol. The van der Waals surface area contributed by atoms with Gasteiger partial charge in [-0.25, -0.2) is 0 Å². The molecule has 1 aliphatic rings. The van der Waals surface area contributed by atoms with Crippen LogP contribution in [0.4, 0.5) is 0 Å². The van der Waals surface area contributed by atoms with E-state index < -0.39 is 0 Å². The summed E-state index contributed by atoms with van der Waals surface area (Å²) in [6.45, 7) is 1.93. The van der Waals surface area contributed by atoms with Crippen LogP contribution < -0.4 is 0 Å². The third-order valence-corrected chi connectivity index (χ3v) is 4.03.